The molecule has 1 heterocycles. The highest BCUT2D eigenvalue weighted by Gasteiger charge is 2.32. The van der Waals surface area contributed by atoms with Crippen LogP contribution >= 0.6 is 0 Å². The van der Waals surface area contributed by atoms with Crippen LogP contribution in [0.25, 0.3) is 0 Å². The standard InChI is InChI=1S/C7H7F3N2/c1-2-5-3-6(7(8,9)10)12-11-4-5/h3-4H,2H2,1H3. The van der Waals surface area contributed by atoms with Gasteiger partial charge in [-0.05, 0) is 18.1 Å². The zero-order valence-corrected chi connectivity index (χ0v) is 6.39. The van der Waals surface area contributed by atoms with E-state index in [0.717, 1.165) is 6.07 Å². The Labute approximate surface area is 67.4 Å². The van der Waals surface area contributed by atoms with Gasteiger partial charge in [0.1, 0.15) is 0 Å². The molecule has 12 heavy (non-hydrogen) atoms. The highest BCUT2D eigenvalue weighted by molar-refractivity contribution is 5.14. The smallest absolute Gasteiger partial charge is 0.164 e. The van der Waals surface area contributed by atoms with Gasteiger partial charge in [-0.15, -0.1) is 5.10 Å². The van der Waals surface area contributed by atoms with Crippen LogP contribution in [-0.2, 0) is 12.6 Å². The summed E-state index contributed by atoms with van der Waals surface area (Å²) in [4.78, 5) is 0. The highest BCUT2D eigenvalue weighted by Crippen LogP contribution is 2.27. The molecule has 1 aromatic rings. The largest absolute Gasteiger partial charge is 0.435 e. The predicted molar refractivity (Wildman–Crippen MR) is 36.4 cm³/mol. The lowest BCUT2D eigenvalue weighted by molar-refractivity contribution is -0.141. The van der Waals surface area contributed by atoms with Gasteiger partial charge in [-0.3, -0.25) is 0 Å². The van der Waals surface area contributed by atoms with Crippen LogP contribution < -0.4 is 0 Å². The minimum absolute atomic E-state index is 0.526. The van der Waals surface area contributed by atoms with Gasteiger partial charge >= 0.3 is 6.18 Å². The molecule has 0 radical (unpaired) electrons. The number of aromatic nitrogens is 2. The molecule has 0 saturated carbocycles. The van der Waals surface area contributed by atoms with Crippen LogP contribution in [0.15, 0.2) is 12.3 Å². The number of hydrogen-bond donors (Lipinski definition) is 0. The Morgan fingerprint density at radius 3 is 2.58 bits per heavy atom. The zero-order valence-electron chi connectivity index (χ0n) is 6.39. The number of halogens is 3. The SMILES string of the molecule is CCc1cnnc(C(F)(F)F)c1. The summed E-state index contributed by atoms with van der Waals surface area (Å²) in [5.74, 6) is 0. The van der Waals surface area contributed by atoms with Crippen LogP contribution in [0.5, 0.6) is 0 Å². The van der Waals surface area contributed by atoms with E-state index in [2.05, 4.69) is 10.2 Å². The normalized spacial score (nSPS) is 11.7. The minimum Gasteiger partial charge on any atom is -0.164 e. The molecule has 0 saturated heterocycles. The highest BCUT2D eigenvalue weighted by atomic mass is 19.4. The fourth-order valence-corrected chi connectivity index (χ4v) is 0.739. The lowest BCUT2D eigenvalue weighted by Gasteiger charge is -2.04. The zero-order chi connectivity index (χ0) is 9.19. The van der Waals surface area contributed by atoms with Gasteiger partial charge in [0.25, 0.3) is 0 Å². The molecule has 0 amide bonds. The summed E-state index contributed by atoms with van der Waals surface area (Å²) in [6.45, 7) is 1.76. The molecule has 0 aliphatic heterocycles. The summed E-state index contributed by atoms with van der Waals surface area (Å²) in [7, 11) is 0. The predicted octanol–water partition coefficient (Wildman–Crippen LogP) is 2.06. The molecular formula is C7H7F3N2. The molecule has 0 atom stereocenters. The minimum atomic E-state index is -4.39. The number of nitrogens with zero attached hydrogens (tertiary/aromatic N) is 2. The molecule has 66 valence electrons. The van der Waals surface area contributed by atoms with Gasteiger partial charge in [0.05, 0.1) is 6.20 Å². The van der Waals surface area contributed by atoms with E-state index in [1.165, 1.54) is 6.20 Å². The maximum Gasteiger partial charge on any atom is 0.435 e. The van der Waals surface area contributed by atoms with Gasteiger partial charge in [-0.1, -0.05) is 6.92 Å². The van der Waals surface area contributed by atoms with Crippen molar-refractivity contribution in [1.82, 2.24) is 10.2 Å². The number of aryl methyl sites for hydroxylation is 1. The number of rotatable bonds is 1. The van der Waals surface area contributed by atoms with E-state index in [0.29, 0.717) is 12.0 Å². The van der Waals surface area contributed by atoms with Crippen LogP contribution in [0.4, 0.5) is 13.2 Å². The average Bonchev–Trinajstić information content (AvgIpc) is 2.03. The molecule has 0 bridgehead atoms. The monoisotopic (exact) mass is 176 g/mol. The van der Waals surface area contributed by atoms with E-state index in [-0.39, 0.29) is 0 Å². The summed E-state index contributed by atoms with van der Waals surface area (Å²) in [5.41, 5.74) is -0.390. The Balaban J connectivity index is 3.02. The maximum absolute atomic E-state index is 12.0. The van der Waals surface area contributed by atoms with Crippen LogP contribution in [0.1, 0.15) is 18.2 Å². The van der Waals surface area contributed by atoms with E-state index in [1.54, 1.807) is 6.92 Å². The van der Waals surface area contributed by atoms with Crippen molar-refractivity contribution in [2.75, 3.05) is 0 Å². The summed E-state index contributed by atoms with van der Waals surface area (Å²) in [6.07, 6.45) is -2.54. The van der Waals surface area contributed by atoms with Crippen LogP contribution in [0, 0.1) is 0 Å². The van der Waals surface area contributed by atoms with Crippen molar-refractivity contribution in [3.8, 4) is 0 Å². The Hall–Kier alpha value is -1.13. The molecule has 0 N–H and O–H groups in total. The molecule has 1 rings (SSSR count). The molecule has 5 heteroatoms. The van der Waals surface area contributed by atoms with E-state index in [4.69, 9.17) is 0 Å². The van der Waals surface area contributed by atoms with Crippen LogP contribution in [0.2, 0.25) is 0 Å². The molecule has 2 nitrogen and oxygen atoms in total. The first-order valence-electron chi connectivity index (χ1n) is 3.43. The van der Waals surface area contributed by atoms with Gasteiger partial charge in [0.15, 0.2) is 5.69 Å². The van der Waals surface area contributed by atoms with Crippen molar-refractivity contribution in [3.63, 3.8) is 0 Å². The van der Waals surface area contributed by atoms with Gasteiger partial charge < -0.3 is 0 Å². The second-order valence-electron chi connectivity index (χ2n) is 2.30. The first kappa shape index (κ1) is 8.96. The number of hydrogen-bond acceptors (Lipinski definition) is 2. The third-order valence-corrected chi connectivity index (χ3v) is 1.41. The molecule has 1 aromatic heterocycles. The Kier molecular flexibility index (Phi) is 2.30. The van der Waals surface area contributed by atoms with Crippen molar-refractivity contribution < 1.29 is 13.2 Å². The maximum atomic E-state index is 12.0. The van der Waals surface area contributed by atoms with Crippen molar-refractivity contribution in [2.45, 2.75) is 19.5 Å². The summed E-state index contributed by atoms with van der Waals surface area (Å²) >= 11 is 0. The van der Waals surface area contributed by atoms with Crippen molar-refractivity contribution in [1.29, 1.82) is 0 Å². The fraction of sp³-hybridized carbons (Fsp3) is 0.429. The van der Waals surface area contributed by atoms with E-state index >= 15 is 0 Å². The van der Waals surface area contributed by atoms with Crippen LogP contribution in [-0.4, -0.2) is 10.2 Å². The van der Waals surface area contributed by atoms with Gasteiger partial charge in [0, 0.05) is 0 Å². The Morgan fingerprint density at radius 2 is 2.08 bits per heavy atom. The Bertz CT molecular complexity index is 270. The van der Waals surface area contributed by atoms with Gasteiger partial charge in [-0.25, -0.2) is 0 Å². The van der Waals surface area contributed by atoms with Gasteiger partial charge in [0.2, 0.25) is 0 Å². The van der Waals surface area contributed by atoms with Crippen LogP contribution in [0.3, 0.4) is 0 Å². The molecule has 0 aliphatic rings. The third-order valence-electron chi connectivity index (χ3n) is 1.41. The molecule has 0 aliphatic carbocycles. The molecule has 0 spiro atoms. The van der Waals surface area contributed by atoms with Crippen molar-refractivity contribution >= 4 is 0 Å². The van der Waals surface area contributed by atoms with Crippen molar-refractivity contribution in [2.24, 2.45) is 0 Å². The lowest BCUT2D eigenvalue weighted by atomic mass is 10.2. The molecular weight excluding hydrogens is 169 g/mol. The average molecular weight is 176 g/mol. The van der Waals surface area contributed by atoms with E-state index in [9.17, 15) is 13.2 Å². The number of alkyl halides is 3. The second-order valence-corrected chi connectivity index (χ2v) is 2.30. The molecule has 0 fully saturated rings. The van der Waals surface area contributed by atoms with E-state index in [1.807, 2.05) is 0 Å². The van der Waals surface area contributed by atoms with Crippen molar-refractivity contribution in [3.05, 3.63) is 23.5 Å². The second kappa shape index (κ2) is 3.08. The summed E-state index contributed by atoms with van der Waals surface area (Å²) < 4.78 is 36.0. The quantitative estimate of drug-likeness (QED) is 0.654. The first-order chi connectivity index (χ1) is 5.54. The first-order valence-corrected chi connectivity index (χ1v) is 3.43. The molecule has 0 aromatic carbocycles. The molecule has 0 unspecified atom stereocenters. The lowest BCUT2D eigenvalue weighted by Crippen LogP contribution is -2.09. The Morgan fingerprint density at radius 1 is 1.42 bits per heavy atom. The summed E-state index contributed by atoms with van der Waals surface area (Å²) in [6, 6.07) is 1.01. The summed E-state index contributed by atoms with van der Waals surface area (Å²) in [5, 5.41) is 6.24. The third kappa shape index (κ3) is 1.93. The van der Waals surface area contributed by atoms with E-state index < -0.39 is 11.9 Å². The van der Waals surface area contributed by atoms with Gasteiger partial charge in [-0.2, -0.15) is 18.3 Å². The topological polar surface area (TPSA) is 25.8 Å². The fourth-order valence-electron chi connectivity index (χ4n) is 0.739.